The van der Waals surface area contributed by atoms with E-state index in [1.54, 1.807) is 18.3 Å². The van der Waals surface area contributed by atoms with Crippen LogP contribution in [-0.2, 0) is 11.3 Å². The molecule has 3 rings (SSSR count). The lowest BCUT2D eigenvalue weighted by atomic mass is 10.1. The molecule has 0 unspecified atom stereocenters. The fraction of sp³-hybridized carbons (Fsp3) is 0.143. The number of carbonyl (C=O) groups is 1. The number of benzene rings is 2. The van der Waals surface area contributed by atoms with E-state index in [0.29, 0.717) is 5.02 Å². The lowest BCUT2D eigenvalue weighted by Crippen LogP contribution is -2.25. The molecule has 138 valence electrons. The minimum Gasteiger partial charge on any atom is -0.376 e. The molecule has 0 aliphatic rings. The predicted molar refractivity (Wildman–Crippen MR) is 113 cm³/mol. The van der Waals surface area contributed by atoms with Crippen LogP contribution >= 0.6 is 11.6 Å². The molecule has 1 heterocycles. The second kappa shape index (κ2) is 8.56. The number of allylic oxidation sites excluding steroid dienone is 1. The number of halogens is 1. The van der Waals surface area contributed by atoms with E-state index in [-0.39, 0.29) is 12.5 Å². The molecule has 0 atom stereocenters. The summed E-state index contributed by atoms with van der Waals surface area (Å²) >= 11 is 5.84. The van der Waals surface area contributed by atoms with Gasteiger partial charge in [-0.2, -0.15) is 5.10 Å². The molecule has 0 spiro atoms. The number of aromatic nitrogens is 1. The smallest absolute Gasteiger partial charge is 0.259 e. The van der Waals surface area contributed by atoms with Gasteiger partial charge in [0.1, 0.15) is 0 Å². The molecule has 0 fully saturated rings. The summed E-state index contributed by atoms with van der Waals surface area (Å²) in [4.78, 5) is 12.0. The third-order valence-electron chi connectivity index (χ3n) is 4.27. The van der Waals surface area contributed by atoms with Crippen LogP contribution < -0.4 is 10.7 Å². The van der Waals surface area contributed by atoms with Crippen LogP contribution in [0.15, 0.2) is 66.3 Å². The van der Waals surface area contributed by atoms with Gasteiger partial charge < -0.3 is 9.88 Å². The number of amides is 1. The molecule has 2 aromatic carbocycles. The van der Waals surface area contributed by atoms with Gasteiger partial charge >= 0.3 is 0 Å². The van der Waals surface area contributed by atoms with E-state index in [1.807, 2.05) is 43.3 Å². The lowest BCUT2D eigenvalue weighted by Gasteiger charge is -2.05. The maximum Gasteiger partial charge on any atom is 0.259 e. The highest BCUT2D eigenvalue weighted by Gasteiger charge is 2.11. The van der Waals surface area contributed by atoms with E-state index in [1.165, 1.54) is 0 Å². The van der Waals surface area contributed by atoms with E-state index in [9.17, 15) is 4.79 Å². The highest BCUT2D eigenvalue weighted by molar-refractivity contribution is 6.30. The monoisotopic (exact) mass is 380 g/mol. The quantitative estimate of drug-likeness (QED) is 0.363. The van der Waals surface area contributed by atoms with E-state index in [4.69, 9.17) is 11.6 Å². The number of nitrogens with zero attached hydrogens (tertiary/aromatic N) is 2. The lowest BCUT2D eigenvalue weighted by molar-refractivity contribution is -0.119. The molecule has 6 heteroatoms. The Morgan fingerprint density at radius 3 is 2.70 bits per heavy atom. The highest BCUT2D eigenvalue weighted by atomic mass is 35.5. The van der Waals surface area contributed by atoms with Crippen LogP contribution in [0, 0.1) is 6.92 Å². The number of carbonyl (C=O) groups excluding carboxylic acids is 1. The Morgan fingerprint density at radius 1 is 1.22 bits per heavy atom. The van der Waals surface area contributed by atoms with Gasteiger partial charge in [-0.1, -0.05) is 35.9 Å². The molecule has 2 N–H and O–H groups in total. The fourth-order valence-corrected chi connectivity index (χ4v) is 3.07. The summed E-state index contributed by atoms with van der Waals surface area (Å²) < 4.78 is 2.17. The van der Waals surface area contributed by atoms with Crippen molar-refractivity contribution in [2.24, 2.45) is 5.10 Å². The van der Waals surface area contributed by atoms with Crippen molar-refractivity contribution in [3.05, 3.63) is 77.5 Å². The Bertz CT molecular complexity index is 989. The molecule has 0 radical (unpaired) electrons. The number of hydrogen-bond donors (Lipinski definition) is 2. The Balaban J connectivity index is 1.67. The number of hydrazone groups is 1. The Hall–Kier alpha value is -3.05. The topological polar surface area (TPSA) is 58.4 Å². The summed E-state index contributed by atoms with van der Waals surface area (Å²) in [5.41, 5.74) is 6.56. The Morgan fingerprint density at radius 2 is 1.96 bits per heavy atom. The molecule has 27 heavy (non-hydrogen) atoms. The summed E-state index contributed by atoms with van der Waals surface area (Å²) in [6.45, 7) is 6.70. The van der Waals surface area contributed by atoms with Crippen LogP contribution in [-0.4, -0.2) is 23.2 Å². The van der Waals surface area contributed by atoms with Gasteiger partial charge in [-0.15, -0.1) is 6.58 Å². The van der Waals surface area contributed by atoms with Gasteiger partial charge in [0.15, 0.2) is 0 Å². The van der Waals surface area contributed by atoms with Crippen LogP contribution in [0.2, 0.25) is 5.02 Å². The van der Waals surface area contributed by atoms with Crippen molar-refractivity contribution < 1.29 is 4.79 Å². The van der Waals surface area contributed by atoms with E-state index >= 15 is 0 Å². The minimum atomic E-state index is -0.228. The van der Waals surface area contributed by atoms with Gasteiger partial charge in [0.2, 0.25) is 0 Å². The first-order chi connectivity index (χ1) is 13.1. The second-order valence-corrected chi connectivity index (χ2v) is 6.51. The Kier molecular flexibility index (Phi) is 5.94. The summed E-state index contributed by atoms with van der Waals surface area (Å²) in [7, 11) is 0. The van der Waals surface area contributed by atoms with E-state index < -0.39 is 0 Å². The number of anilines is 1. The van der Waals surface area contributed by atoms with Crippen molar-refractivity contribution in [2.45, 2.75) is 13.5 Å². The first-order valence-electron chi connectivity index (χ1n) is 8.60. The number of fused-ring (bicyclic) bond motifs is 1. The molecule has 0 saturated heterocycles. The zero-order valence-electron chi connectivity index (χ0n) is 15.1. The van der Waals surface area contributed by atoms with E-state index in [0.717, 1.165) is 34.4 Å². The van der Waals surface area contributed by atoms with Crippen LogP contribution in [0.3, 0.4) is 0 Å². The van der Waals surface area contributed by atoms with Gasteiger partial charge in [-0.3, -0.25) is 4.79 Å². The highest BCUT2D eigenvalue weighted by Crippen LogP contribution is 2.24. The normalized spacial score (nSPS) is 11.0. The molecule has 1 aromatic heterocycles. The van der Waals surface area contributed by atoms with Crippen LogP contribution in [0.4, 0.5) is 5.69 Å². The summed E-state index contributed by atoms with van der Waals surface area (Å²) in [5, 5.41) is 8.90. The molecular weight excluding hydrogens is 360 g/mol. The van der Waals surface area contributed by atoms with Crippen molar-refractivity contribution in [3.8, 4) is 0 Å². The third-order valence-corrected chi connectivity index (χ3v) is 4.52. The van der Waals surface area contributed by atoms with Gasteiger partial charge in [0.25, 0.3) is 5.91 Å². The Labute approximate surface area is 163 Å². The molecule has 0 aliphatic heterocycles. The minimum absolute atomic E-state index is 0.121. The van der Waals surface area contributed by atoms with Gasteiger partial charge in [0.05, 0.1) is 12.8 Å². The predicted octanol–water partition coefficient (Wildman–Crippen LogP) is 4.35. The van der Waals surface area contributed by atoms with Gasteiger partial charge in [-0.05, 0) is 37.3 Å². The molecule has 0 aliphatic carbocycles. The fourth-order valence-electron chi connectivity index (χ4n) is 2.94. The number of para-hydroxylation sites is 1. The molecule has 5 nitrogen and oxygen atoms in total. The average Bonchev–Trinajstić information content (AvgIpc) is 2.94. The van der Waals surface area contributed by atoms with Crippen molar-refractivity contribution in [3.63, 3.8) is 0 Å². The van der Waals surface area contributed by atoms with Crippen molar-refractivity contribution in [2.75, 3.05) is 11.9 Å². The van der Waals surface area contributed by atoms with Gasteiger partial charge in [0, 0.05) is 39.4 Å². The number of rotatable bonds is 7. The zero-order chi connectivity index (χ0) is 19.2. The maximum absolute atomic E-state index is 12.0. The molecule has 0 saturated carbocycles. The average molecular weight is 381 g/mol. The first-order valence-corrected chi connectivity index (χ1v) is 8.98. The van der Waals surface area contributed by atoms with Crippen molar-refractivity contribution in [1.82, 2.24) is 9.99 Å². The summed E-state index contributed by atoms with van der Waals surface area (Å²) in [5.74, 6) is -0.228. The first kappa shape index (κ1) is 18.7. The van der Waals surface area contributed by atoms with Crippen LogP contribution in [0.5, 0.6) is 0 Å². The van der Waals surface area contributed by atoms with Crippen LogP contribution in [0.1, 0.15) is 11.3 Å². The van der Waals surface area contributed by atoms with Crippen LogP contribution in [0.25, 0.3) is 10.9 Å². The third kappa shape index (κ3) is 4.38. The SMILES string of the molecule is C=CCn1c(C)c(/C=N\NC(=O)CNc2ccc(Cl)cc2)c2ccccc21. The molecule has 0 bridgehead atoms. The summed E-state index contributed by atoms with van der Waals surface area (Å²) in [6, 6.07) is 15.3. The second-order valence-electron chi connectivity index (χ2n) is 6.07. The molecule has 3 aromatic rings. The maximum atomic E-state index is 12.0. The summed E-state index contributed by atoms with van der Waals surface area (Å²) in [6.07, 6.45) is 3.56. The van der Waals surface area contributed by atoms with Gasteiger partial charge in [-0.25, -0.2) is 5.43 Å². The molecular formula is C21H21ClN4O. The number of hydrogen-bond acceptors (Lipinski definition) is 3. The van der Waals surface area contributed by atoms with Crippen molar-refractivity contribution in [1.29, 1.82) is 0 Å². The van der Waals surface area contributed by atoms with E-state index in [2.05, 4.69) is 33.1 Å². The zero-order valence-corrected chi connectivity index (χ0v) is 15.8. The standard InChI is InChI=1S/C21H21ClN4O/c1-3-12-26-15(2)19(18-6-4-5-7-20(18)26)13-24-25-21(27)14-23-17-10-8-16(22)9-11-17/h3-11,13,23H,1,12,14H2,2H3,(H,25,27)/b24-13-. The van der Waals surface area contributed by atoms with Crippen molar-refractivity contribution >= 4 is 40.3 Å². The molecule has 1 amide bonds. The number of nitrogens with one attached hydrogen (secondary N) is 2. The largest absolute Gasteiger partial charge is 0.376 e.